The Hall–Kier alpha value is -5.36. The summed E-state index contributed by atoms with van der Waals surface area (Å²) in [5, 5.41) is 2.75. The molecule has 4 aromatic rings. The standard InChI is InChI=1S/C37H42N6O6/c1-25(26-10-6-5-7-11-26)41-18-20-42(21-19-41)30-13-8-12-28-34(30)36(45)43(35(28)44)29(27-15-16-31(47-3)32(22-27)48-4)14-9-17-39-37(46)49-33-23-38-24-40(33)2/h5-8,10-13,15-16,22-25,29H,9,14,17-21H2,1-4H3,(H,39,46)/t25-,29-/m1/s1. The van der Waals surface area contributed by atoms with Gasteiger partial charge in [-0.25, -0.2) is 9.78 Å². The maximum atomic E-state index is 14.4. The smallest absolute Gasteiger partial charge is 0.413 e. The summed E-state index contributed by atoms with van der Waals surface area (Å²) in [6, 6.07) is 21.0. The Kier molecular flexibility index (Phi) is 10.1. The number of carbonyl (C=O) groups excluding carboxylic acids is 3. The molecule has 2 aliphatic heterocycles. The maximum Gasteiger partial charge on any atom is 0.413 e. The molecule has 256 valence electrons. The van der Waals surface area contributed by atoms with E-state index < -0.39 is 12.1 Å². The quantitative estimate of drug-likeness (QED) is 0.160. The Labute approximate surface area is 286 Å². The van der Waals surface area contributed by atoms with Crippen LogP contribution in [-0.2, 0) is 7.05 Å². The van der Waals surface area contributed by atoms with Crippen molar-refractivity contribution in [2.45, 2.75) is 31.8 Å². The lowest BCUT2D eigenvalue weighted by Crippen LogP contribution is -2.47. The van der Waals surface area contributed by atoms with Crippen molar-refractivity contribution in [2.75, 3.05) is 51.8 Å². The topological polar surface area (TPSA) is 118 Å². The second-order valence-corrected chi connectivity index (χ2v) is 12.2. The Morgan fingerprint density at radius 3 is 2.35 bits per heavy atom. The first-order valence-corrected chi connectivity index (χ1v) is 16.5. The summed E-state index contributed by atoms with van der Waals surface area (Å²) in [5.41, 5.74) is 3.59. The largest absolute Gasteiger partial charge is 0.493 e. The zero-order valence-electron chi connectivity index (χ0n) is 28.3. The molecule has 1 saturated heterocycles. The predicted octanol–water partition coefficient (Wildman–Crippen LogP) is 5.23. The molecule has 3 amide bonds. The van der Waals surface area contributed by atoms with Crippen molar-refractivity contribution in [3.05, 3.63) is 102 Å². The number of methoxy groups -OCH3 is 2. The highest BCUT2D eigenvalue weighted by Crippen LogP contribution is 2.40. The number of aromatic nitrogens is 2. The Morgan fingerprint density at radius 1 is 0.898 bits per heavy atom. The number of anilines is 1. The van der Waals surface area contributed by atoms with E-state index in [4.69, 9.17) is 14.2 Å². The average molecular weight is 667 g/mol. The fourth-order valence-electron chi connectivity index (χ4n) is 6.69. The molecule has 3 heterocycles. The van der Waals surface area contributed by atoms with Gasteiger partial charge in [-0.1, -0.05) is 42.5 Å². The van der Waals surface area contributed by atoms with Gasteiger partial charge in [-0.3, -0.25) is 19.4 Å². The molecule has 2 aliphatic rings. The van der Waals surface area contributed by atoms with Gasteiger partial charge >= 0.3 is 6.09 Å². The average Bonchev–Trinajstić information content (AvgIpc) is 3.66. The first-order chi connectivity index (χ1) is 23.8. The first kappa shape index (κ1) is 33.5. The minimum Gasteiger partial charge on any atom is -0.493 e. The minimum atomic E-state index is -0.626. The summed E-state index contributed by atoms with van der Waals surface area (Å²) in [6.07, 6.45) is 3.22. The lowest BCUT2D eigenvalue weighted by molar-refractivity contribution is 0.0571. The van der Waals surface area contributed by atoms with Gasteiger partial charge < -0.3 is 29.0 Å². The maximum absolute atomic E-state index is 14.4. The number of hydrogen-bond donors (Lipinski definition) is 1. The number of carbonyl (C=O) groups is 3. The summed E-state index contributed by atoms with van der Waals surface area (Å²) in [5.74, 6) is 0.660. The van der Waals surface area contributed by atoms with Gasteiger partial charge in [0.15, 0.2) is 11.5 Å². The fraction of sp³-hybridized carbons (Fsp3) is 0.351. The van der Waals surface area contributed by atoms with Gasteiger partial charge in [-0.2, -0.15) is 0 Å². The molecule has 0 aliphatic carbocycles. The molecule has 0 spiro atoms. The van der Waals surface area contributed by atoms with Gasteiger partial charge in [0.05, 0.1) is 49.6 Å². The number of imidazole rings is 1. The van der Waals surface area contributed by atoms with E-state index in [9.17, 15) is 14.4 Å². The van der Waals surface area contributed by atoms with E-state index in [1.807, 2.05) is 24.3 Å². The summed E-state index contributed by atoms with van der Waals surface area (Å²) in [4.78, 5) is 50.9. The third-order valence-corrected chi connectivity index (χ3v) is 9.41. The Bertz CT molecular complexity index is 1800. The zero-order chi connectivity index (χ0) is 34.5. The van der Waals surface area contributed by atoms with E-state index in [2.05, 4.69) is 51.3 Å². The molecule has 0 radical (unpaired) electrons. The van der Waals surface area contributed by atoms with E-state index in [-0.39, 0.29) is 24.4 Å². The summed E-state index contributed by atoms with van der Waals surface area (Å²) in [7, 11) is 4.82. The highest BCUT2D eigenvalue weighted by molar-refractivity contribution is 6.24. The van der Waals surface area contributed by atoms with Crippen molar-refractivity contribution >= 4 is 23.6 Å². The minimum absolute atomic E-state index is 0.264. The molecule has 1 fully saturated rings. The van der Waals surface area contributed by atoms with Gasteiger partial charge in [-0.05, 0) is 55.2 Å². The first-order valence-electron chi connectivity index (χ1n) is 16.5. The van der Waals surface area contributed by atoms with E-state index in [1.165, 1.54) is 23.0 Å². The normalized spacial score (nSPS) is 15.9. The number of rotatable bonds is 12. The van der Waals surface area contributed by atoms with E-state index in [0.29, 0.717) is 41.3 Å². The molecular weight excluding hydrogens is 624 g/mol. The van der Waals surface area contributed by atoms with Crippen LogP contribution in [0.5, 0.6) is 17.4 Å². The van der Waals surface area contributed by atoms with E-state index >= 15 is 0 Å². The molecular formula is C37H42N6O6. The Morgan fingerprint density at radius 2 is 1.65 bits per heavy atom. The van der Waals surface area contributed by atoms with Crippen LogP contribution >= 0.6 is 0 Å². The van der Waals surface area contributed by atoms with E-state index in [0.717, 1.165) is 37.4 Å². The number of amides is 3. The molecule has 6 rings (SSSR count). The second kappa shape index (κ2) is 14.8. The third-order valence-electron chi connectivity index (χ3n) is 9.41. The number of fused-ring (bicyclic) bond motifs is 1. The van der Waals surface area contributed by atoms with Crippen molar-refractivity contribution < 1.29 is 28.6 Å². The van der Waals surface area contributed by atoms with Crippen LogP contribution < -0.4 is 24.4 Å². The lowest BCUT2D eigenvalue weighted by atomic mass is 9.99. The van der Waals surface area contributed by atoms with Gasteiger partial charge in [0.2, 0.25) is 5.88 Å². The van der Waals surface area contributed by atoms with Crippen LogP contribution in [0.4, 0.5) is 10.5 Å². The van der Waals surface area contributed by atoms with Gasteiger partial charge in [0.25, 0.3) is 11.8 Å². The monoisotopic (exact) mass is 666 g/mol. The van der Waals surface area contributed by atoms with Crippen molar-refractivity contribution in [3.63, 3.8) is 0 Å². The van der Waals surface area contributed by atoms with Gasteiger partial charge in [0, 0.05) is 45.8 Å². The van der Waals surface area contributed by atoms with E-state index in [1.54, 1.807) is 44.0 Å². The molecule has 12 nitrogen and oxygen atoms in total. The fourth-order valence-corrected chi connectivity index (χ4v) is 6.69. The lowest BCUT2D eigenvalue weighted by Gasteiger charge is -2.39. The number of nitrogens with one attached hydrogen (secondary N) is 1. The summed E-state index contributed by atoms with van der Waals surface area (Å²) >= 11 is 0. The van der Waals surface area contributed by atoms with Crippen LogP contribution in [0.2, 0.25) is 0 Å². The predicted molar refractivity (Wildman–Crippen MR) is 184 cm³/mol. The van der Waals surface area contributed by atoms with Crippen LogP contribution in [0.25, 0.3) is 0 Å². The number of nitrogens with zero attached hydrogens (tertiary/aromatic N) is 5. The SMILES string of the molecule is COc1ccc([C@@H](CCCNC(=O)Oc2cncn2C)N2C(=O)c3cccc(N4CCN([C@H](C)c5ccccc5)CC4)c3C2=O)cc1OC. The van der Waals surface area contributed by atoms with Crippen LogP contribution in [-0.4, -0.2) is 84.2 Å². The highest BCUT2D eigenvalue weighted by atomic mass is 16.6. The number of piperazine rings is 1. The summed E-state index contributed by atoms with van der Waals surface area (Å²) < 4.78 is 17.9. The summed E-state index contributed by atoms with van der Waals surface area (Å²) in [6.45, 7) is 5.61. The van der Waals surface area contributed by atoms with Crippen LogP contribution in [0.3, 0.4) is 0 Å². The number of hydrogen-bond acceptors (Lipinski definition) is 9. The van der Waals surface area contributed by atoms with Crippen molar-refractivity contribution in [1.82, 2.24) is 24.7 Å². The molecule has 1 aromatic heterocycles. The molecule has 2 atom stereocenters. The molecule has 3 aromatic carbocycles. The molecule has 0 unspecified atom stereocenters. The molecule has 1 N–H and O–H groups in total. The highest BCUT2D eigenvalue weighted by Gasteiger charge is 2.43. The number of aryl methyl sites for hydroxylation is 1. The molecule has 49 heavy (non-hydrogen) atoms. The molecule has 0 saturated carbocycles. The van der Waals surface area contributed by atoms with Crippen LogP contribution in [0.1, 0.15) is 63.7 Å². The van der Waals surface area contributed by atoms with Crippen LogP contribution in [0, 0.1) is 0 Å². The van der Waals surface area contributed by atoms with Crippen LogP contribution in [0.15, 0.2) is 79.3 Å². The van der Waals surface area contributed by atoms with Crippen molar-refractivity contribution in [3.8, 4) is 17.4 Å². The van der Waals surface area contributed by atoms with Crippen molar-refractivity contribution in [2.24, 2.45) is 7.05 Å². The van der Waals surface area contributed by atoms with Gasteiger partial charge in [0.1, 0.15) is 0 Å². The number of ether oxygens (including phenoxy) is 3. The third kappa shape index (κ3) is 6.95. The molecule has 12 heteroatoms. The van der Waals surface area contributed by atoms with Gasteiger partial charge in [-0.15, -0.1) is 0 Å². The zero-order valence-corrected chi connectivity index (χ0v) is 28.3. The number of benzene rings is 3. The second-order valence-electron chi connectivity index (χ2n) is 12.2. The molecule has 0 bridgehead atoms. The van der Waals surface area contributed by atoms with Crippen molar-refractivity contribution in [1.29, 1.82) is 0 Å². The number of imide groups is 1. The Balaban J connectivity index is 1.20.